The lowest BCUT2D eigenvalue weighted by Crippen LogP contribution is -2.51. The van der Waals surface area contributed by atoms with E-state index in [1.807, 2.05) is 12.1 Å². The van der Waals surface area contributed by atoms with Crippen LogP contribution in [0.2, 0.25) is 0 Å². The summed E-state index contributed by atoms with van der Waals surface area (Å²) in [4.78, 5) is 9.43. The Kier molecular flexibility index (Phi) is 4.52. The first-order valence-corrected chi connectivity index (χ1v) is 6.62. The number of hydrazine groups is 1. The molecule has 2 heterocycles. The molecule has 0 saturated carbocycles. The molecule has 0 radical (unpaired) electrons. The van der Waals surface area contributed by atoms with Crippen molar-refractivity contribution in [2.45, 2.75) is 26.4 Å². The van der Waals surface area contributed by atoms with E-state index in [4.69, 9.17) is 5.84 Å². The van der Waals surface area contributed by atoms with Gasteiger partial charge in [-0.1, -0.05) is 13.0 Å². The van der Waals surface area contributed by atoms with Gasteiger partial charge in [0.25, 0.3) is 0 Å². The number of pyridine rings is 1. The van der Waals surface area contributed by atoms with Gasteiger partial charge < -0.3 is 5.43 Å². The lowest BCUT2D eigenvalue weighted by atomic mass is 10.2. The molecule has 1 aromatic heterocycles. The van der Waals surface area contributed by atoms with E-state index in [2.05, 4.69) is 40.1 Å². The largest absolute Gasteiger partial charge is 0.308 e. The highest BCUT2D eigenvalue weighted by Gasteiger charge is 2.22. The molecule has 1 aromatic rings. The zero-order valence-electron chi connectivity index (χ0n) is 11.3. The number of hydrogen-bond donors (Lipinski definition) is 2. The molecule has 0 spiro atoms. The summed E-state index contributed by atoms with van der Waals surface area (Å²) in [7, 11) is 0. The zero-order chi connectivity index (χ0) is 13.0. The van der Waals surface area contributed by atoms with Crippen LogP contribution in [0.4, 0.5) is 5.82 Å². The average molecular weight is 249 g/mol. The van der Waals surface area contributed by atoms with Crippen LogP contribution >= 0.6 is 0 Å². The highest BCUT2D eigenvalue weighted by molar-refractivity contribution is 5.33. The van der Waals surface area contributed by atoms with E-state index < -0.39 is 0 Å². The van der Waals surface area contributed by atoms with Crippen molar-refractivity contribution in [3.8, 4) is 0 Å². The number of anilines is 1. The lowest BCUT2D eigenvalue weighted by Gasteiger charge is -2.39. The lowest BCUT2D eigenvalue weighted by molar-refractivity contribution is 0.0827. The summed E-state index contributed by atoms with van der Waals surface area (Å²) in [5.41, 5.74) is 3.66. The molecule has 1 atom stereocenters. The van der Waals surface area contributed by atoms with E-state index in [0.29, 0.717) is 6.04 Å². The number of nitrogens with zero attached hydrogens (tertiary/aromatic N) is 3. The third-order valence-corrected chi connectivity index (χ3v) is 3.60. The Hall–Kier alpha value is -1.17. The number of hydrogen-bond acceptors (Lipinski definition) is 5. The van der Waals surface area contributed by atoms with Gasteiger partial charge in [0, 0.05) is 32.2 Å². The standard InChI is InChI=1S/C13H23N5/c1-3-18-8-7-17(9-11(18)2)10-12-5-4-6-13(15-12)16-14/h4-6,11H,3,7-10,14H2,1-2H3,(H,15,16). The summed E-state index contributed by atoms with van der Waals surface area (Å²) < 4.78 is 0. The van der Waals surface area contributed by atoms with E-state index in [1.165, 1.54) is 0 Å². The van der Waals surface area contributed by atoms with Crippen molar-refractivity contribution < 1.29 is 0 Å². The maximum atomic E-state index is 5.38. The second kappa shape index (κ2) is 6.13. The smallest absolute Gasteiger partial charge is 0.140 e. The molecule has 1 unspecified atom stereocenters. The van der Waals surface area contributed by atoms with E-state index in [0.717, 1.165) is 44.2 Å². The van der Waals surface area contributed by atoms with Crippen molar-refractivity contribution in [2.24, 2.45) is 5.84 Å². The van der Waals surface area contributed by atoms with Crippen molar-refractivity contribution in [2.75, 3.05) is 31.6 Å². The first kappa shape index (κ1) is 13.3. The molecule has 2 rings (SSSR count). The van der Waals surface area contributed by atoms with Gasteiger partial charge in [-0.2, -0.15) is 0 Å². The first-order chi connectivity index (χ1) is 8.72. The van der Waals surface area contributed by atoms with Crippen LogP contribution in [0, 0.1) is 0 Å². The van der Waals surface area contributed by atoms with Crippen LogP contribution in [0.25, 0.3) is 0 Å². The Morgan fingerprint density at radius 2 is 2.28 bits per heavy atom. The van der Waals surface area contributed by atoms with Crippen LogP contribution < -0.4 is 11.3 Å². The minimum atomic E-state index is 0.625. The van der Waals surface area contributed by atoms with Gasteiger partial charge in [-0.25, -0.2) is 10.8 Å². The summed E-state index contributed by atoms with van der Waals surface area (Å²) >= 11 is 0. The minimum Gasteiger partial charge on any atom is -0.308 e. The van der Waals surface area contributed by atoms with Gasteiger partial charge in [0.15, 0.2) is 0 Å². The molecule has 3 N–H and O–H groups in total. The van der Waals surface area contributed by atoms with Crippen molar-refractivity contribution in [3.05, 3.63) is 23.9 Å². The fraction of sp³-hybridized carbons (Fsp3) is 0.615. The Labute approximate surface area is 109 Å². The van der Waals surface area contributed by atoms with Crippen molar-refractivity contribution >= 4 is 5.82 Å². The van der Waals surface area contributed by atoms with Gasteiger partial charge in [-0.3, -0.25) is 9.80 Å². The van der Waals surface area contributed by atoms with Gasteiger partial charge in [0.1, 0.15) is 5.82 Å². The highest BCUT2D eigenvalue weighted by Crippen LogP contribution is 2.12. The van der Waals surface area contributed by atoms with Crippen molar-refractivity contribution in [1.29, 1.82) is 0 Å². The summed E-state index contributed by atoms with van der Waals surface area (Å²) in [5, 5.41) is 0. The average Bonchev–Trinajstić information content (AvgIpc) is 2.39. The maximum Gasteiger partial charge on any atom is 0.140 e. The third-order valence-electron chi connectivity index (χ3n) is 3.60. The molecule has 5 nitrogen and oxygen atoms in total. The predicted molar refractivity (Wildman–Crippen MR) is 74.0 cm³/mol. The summed E-state index contributed by atoms with van der Waals surface area (Å²) in [6, 6.07) is 6.54. The van der Waals surface area contributed by atoms with Gasteiger partial charge in [-0.15, -0.1) is 0 Å². The van der Waals surface area contributed by atoms with Gasteiger partial charge in [0.2, 0.25) is 0 Å². The Bertz CT molecular complexity index is 381. The number of nitrogen functional groups attached to an aromatic ring is 1. The minimum absolute atomic E-state index is 0.625. The molecule has 1 aliphatic heterocycles. The molecule has 0 aliphatic carbocycles. The second-order valence-corrected chi connectivity index (χ2v) is 4.87. The number of piperazine rings is 1. The SMILES string of the molecule is CCN1CCN(Cc2cccc(NN)n2)CC1C. The monoisotopic (exact) mass is 249 g/mol. The van der Waals surface area contributed by atoms with Gasteiger partial charge in [0.05, 0.1) is 5.69 Å². The Balaban J connectivity index is 1.93. The number of nitrogens with one attached hydrogen (secondary N) is 1. The number of aromatic nitrogens is 1. The van der Waals surface area contributed by atoms with E-state index in [1.54, 1.807) is 0 Å². The number of nitrogens with two attached hydrogens (primary N) is 1. The van der Waals surface area contributed by atoms with Crippen LogP contribution in [0.1, 0.15) is 19.5 Å². The summed E-state index contributed by atoms with van der Waals surface area (Å²) in [6.07, 6.45) is 0. The Morgan fingerprint density at radius 3 is 2.94 bits per heavy atom. The van der Waals surface area contributed by atoms with E-state index in [9.17, 15) is 0 Å². The third kappa shape index (κ3) is 3.19. The highest BCUT2D eigenvalue weighted by atomic mass is 15.3. The normalized spacial score (nSPS) is 22.1. The van der Waals surface area contributed by atoms with E-state index in [-0.39, 0.29) is 0 Å². The maximum absolute atomic E-state index is 5.38. The van der Waals surface area contributed by atoms with E-state index >= 15 is 0 Å². The van der Waals surface area contributed by atoms with Crippen molar-refractivity contribution in [1.82, 2.24) is 14.8 Å². The fourth-order valence-corrected chi connectivity index (χ4v) is 2.56. The van der Waals surface area contributed by atoms with Crippen LogP contribution in [0.3, 0.4) is 0 Å². The molecular weight excluding hydrogens is 226 g/mol. The molecule has 0 amide bonds. The molecule has 1 aliphatic rings. The molecule has 0 bridgehead atoms. The number of rotatable bonds is 4. The number of likely N-dealkylation sites (N-methyl/N-ethyl adjacent to an activating group) is 1. The quantitative estimate of drug-likeness (QED) is 0.613. The zero-order valence-corrected chi connectivity index (χ0v) is 11.3. The van der Waals surface area contributed by atoms with Gasteiger partial charge >= 0.3 is 0 Å². The molecule has 100 valence electrons. The summed E-state index contributed by atoms with van der Waals surface area (Å²) in [5.74, 6) is 6.11. The van der Waals surface area contributed by atoms with Crippen LogP contribution in [-0.2, 0) is 6.54 Å². The van der Waals surface area contributed by atoms with Crippen LogP contribution in [0.5, 0.6) is 0 Å². The van der Waals surface area contributed by atoms with Crippen LogP contribution in [0.15, 0.2) is 18.2 Å². The van der Waals surface area contributed by atoms with Crippen LogP contribution in [-0.4, -0.2) is 47.0 Å². The molecule has 0 aromatic carbocycles. The van der Waals surface area contributed by atoms with Crippen molar-refractivity contribution in [3.63, 3.8) is 0 Å². The summed E-state index contributed by atoms with van der Waals surface area (Å²) in [6.45, 7) is 9.92. The first-order valence-electron chi connectivity index (χ1n) is 6.62. The Morgan fingerprint density at radius 1 is 1.44 bits per heavy atom. The predicted octanol–water partition coefficient (Wildman–Crippen LogP) is 0.893. The topological polar surface area (TPSA) is 57.4 Å². The molecule has 1 fully saturated rings. The molecule has 5 heteroatoms. The molecule has 1 saturated heterocycles. The fourth-order valence-electron chi connectivity index (χ4n) is 2.56. The molecular formula is C13H23N5. The second-order valence-electron chi connectivity index (χ2n) is 4.87. The van der Waals surface area contributed by atoms with Gasteiger partial charge in [-0.05, 0) is 25.6 Å². The molecule has 18 heavy (non-hydrogen) atoms.